The number of rotatable bonds is 4. The molecule has 20 heavy (non-hydrogen) atoms. The molecule has 3 rings (SSSR count). The van der Waals surface area contributed by atoms with Crippen LogP contribution in [0.5, 0.6) is 0 Å². The second-order valence-corrected chi connectivity index (χ2v) is 5.29. The summed E-state index contributed by atoms with van der Waals surface area (Å²) in [5, 5.41) is 9.06. The van der Waals surface area contributed by atoms with E-state index in [1.54, 1.807) is 17.7 Å². The van der Waals surface area contributed by atoms with Crippen LogP contribution in [0.4, 0.5) is 0 Å². The van der Waals surface area contributed by atoms with Crippen molar-refractivity contribution in [1.82, 2.24) is 9.55 Å². The molecule has 1 aliphatic rings. The Labute approximate surface area is 115 Å². The second kappa shape index (κ2) is 4.49. The van der Waals surface area contributed by atoms with Crippen LogP contribution in [0, 0.1) is 0 Å². The molecule has 1 heterocycles. The zero-order chi connectivity index (χ0) is 14.3. The smallest absolute Gasteiger partial charge is 0.335 e. The molecule has 0 unspecified atom stereocenters. The SMILES string of the molecule is COC1(Cn2c(=O)[nH]c3ccc(C(=O)O)cc32)CCC1. The van der Waals surface area contributed by atoms with Gasteiger partial charge in [0.25, 0.3) is 0 Å². The van der Waals surface area contributed by atoms with Gasteiger partial charge in [-0.2, -0.15) is 0 Å². The third-order valence-corrected chi connectivity index (χ3v) is 4.17. The van der Waals surface area contributed by atoms with Crippen molar-refractivity contribution in [2.45, 2.75) is 31.4 Å². The van der Waals surface area contributed by atoms with Crippen LogP contribution in [0.1, 0.15) is 29.6 Å². The maximum atomic E-state index is 12.1. The van der Waals surface area contributed by atoms with E-state index < -0.39 is 5.97 Å². The van der Waals surface area contributed by atoms with Crippen LogP contribution in [0.2, 0.25) is 0 Å². The number of benzene rings is 1. The van der Waals surface area contributed by atoms with Crippen molar-refractivity contribution in [3.63, 3.8) is 0 Å². The Kier molecular flexibility index (Phi) is 2.90. The van der Waals surface area contributed by atoms with Crippen LogP contribution < -0.4 is 5.69 Å². The highest BCUT2D eigenvalue weighted by Crippen LogP contribution is 2.36. The van der Waals surface area contributed by atoms with Crippen molar-refractivity contribution in [1.29, 1.82) is 0 Å². The van der Waals surface area contributed by atoms with Gasteiger partial charge in [-0.3, -0.25) is 4.57 Å². The average Bonchev–Trinajstić information content (AvgIpc) is 2.68. The van der Waals surface area contributed by atoms with E-state index in [2.05, 4.69) is 4.98 Å². The van der Waals surface area contributed by atoms with Crippen LogP contribution in [0.3, 0.4) is 0 Å². The number of nitrogens with zero attached hydrogens (tertiary/aromatic N) is 1. The first kappa shape index (κ1) is 12.9. The third-order valence-electron chi connectivity index (χ3n) is 4.17. The van der Waals surface area contributed by atoms with E-state index in [1.165, 1.54) is 12.1 Å². The van der Waals surface area contributed by atoms with Crippen LogP contribution >= 0.6 is 0 Å². The molecule has 0 radical (unpaired) electrons. The summed E-state index contributed by atoms with van der Waals surface area (Å²) in [6, 6.07) is 4.63. The molecule has 0 amide bonds. The fraction of sp³-hybridized carbons (Fsp3) is 0.429. The zero-order valence-electron chi connectivity index (χ0n) is 11.2. The van der Waals surface area contributed by atoms with E-state index in [0.717, 1.165) is 19.3 Å². The lowest BCUT2D eigenvalue weighted by Crippen LogP contribution is -2.45. The predicted molar refractivity (Wildman–Crippen MR) is 73.1 cm³/mol. The number of imidazole rings is 1. The number of ether oxygens (including phenoxy) is 1. The number of carboxylic acid groups (broad SMARTS) is 1. The van der Waals surface area contributed by atoms with E-state index in [1.807, 2.05) is 0 Å². The van der Waals surface area contributed by atoms with Crippen molar-refractivity contribution in [2.75, 3.05) is 7.11 Å². The lowest BCUT2D eigenvalue weighted by atomic mass is 9.80. The summed E-state index contributed by atoms with van der Waals surface area (Å²) >= 11 is 0. The van der Waals surface area contributed by atoms with Gasteiger partial charge >= 0.3 is 11.7 Å². The molecule has 2 N–H and O–H groups in total. The van der Waals surface area contributed by atoms with Gasteiger partial charge in [-0.25, -0.2) is 9.59 Å². The van der Waals surface area contributed by atoms with Crippen LogP contribution in [-0.4, -0.2) is 33.3 Å². The first-order chi connectivity index (χ1) is 9.54. The minimum atomic E-state index is -1.00. The molecule has 2 aromatic rings. The van der Waals surface area contributed by atoms with Crippen LogP contribution in [0.15, 0.2) is 23.0 Å². The lowest BCUT2D eigenvalue weighted by Gasteiger charge is -2.40. The first-order valence-electron chi connectivity index (χ1n) is 6.56. The first-order valence-corrected chi connectivity index (χ1v) is 6.56. The topological polar surface area (TPSA) is 84.3 Å². The molecular formula is C14H16N2O4. The number of aromatic carboxylic acids is 1. The van der Waals surface area contributed by atoms with E-state index in [0.29, 0.717) is 17.6 Å². The minimum Gasteiger partial charge on any atom is -0.478 e. The van der Waals surface area contributed by atoms with E-state index in [-0.39, 0.29) is 16.9 Å². The lowest BCUT2D eigenvalue weighted by molar-refractivity contribution is -0.0833. The number of methoxy groups -OCH3 is 1. The fourth-order valence-corrected chi connectivity index (χ4v) is 2.73. The quantitative estimate of drug-likeness (QED) is 0.888. The monoisotopic (exact) mass is 276 g/mol. The number of carbonyl (C=O) groups is 1. The van der Waals surface area contributed by atoms with Gasteiger partial charge in [-0.1, -0.05) is 0 Å². The van der Waals surface area contributed by atoms with Gasteiger partial charge in [0.1, 0.15) is 0 Å². The number of hydrogen-bond donors (Lipinski definition) is 2. The van der Waals surface area contributed by atoms with Crippen molar-refractivity contribution < 1.29 is 14.6 Å². The second-order valence-electron chi connectivity index (χ2n) is 5.29. The van der Waals surface area contributed by atoms with Gasteiger partial charge in [0.05, 0.1) is 28.7 Å². The van der Waals surface area contributed by atoms with Crippen molar-refractivity contribution in [3.05, 3.63) is 34.2 Å². The maximum absolute atomic E-state index is 12.1. The summed E-state index contributed by atoms with van der Waals surface area (Å²) in [7, 11) is 1.65. The number of hydrogen-bond acceptors (Lipinski definition) is 3. The molecule has 1 aliphatic carbocycles. The molecular weight excluding hydrogens is 260 g/mol. The molecule has 6 heteroatoms. The normalized spacial score (nSPS) is 17.1. The van der Waals surface area contributed by atoms with Gasteiger partial charge in [-0.15, -0.1) is 0 Å². The Morgan fingerprint density at radius 3 is 2.80 bits per heavy atom. The average molecular weight is 276 g/mol. The maximum Gasteiger partial charge on any atom is 0.335 e. The van der Waals surface area contributed by atoms with Gasteiger partial charge in [-0.05, 0) is 37.5 Å². The summed E-state index contributed by atoms with van der Waals surface area (Å²) in [5.74, 6) is -1.00. The largest absolute Gasteiger partial charge is 0.478 e. The summed E-state index contributed by atoms with van der Waals surface area (Å²) in [5.41, 5.74) is 0.901. The highest BCUT2D eigenvalue weighted by Gasteiger charge is 2.38. The number of fused-ring (bicyclic) bond motifs is 1. The number of aromatic nitrogens is 2. The molecule has 106 valence electrons. The van der Waals surface area contributed by atoms with Crippen LogP contribution in [-0.2, 0) is 11.3 Å². The minimum absolute atomic E-state index is 0.172. The van der Waals surface area contributed by atoms with E-state index in [4.69, 9.17) is 9.84 Å². The van der Waals surface area contributed by atoms with Gasteiger partial charge < -0.3 is 14.8 Å². The summed E-state index contributed by atoms with van der Waals surface area (Å²) in [6.45, 7) is 0.450. The molecule has 0 bridgehead atoms. The Morgan fingerprint density at radius 1 is 1.50 bits per heavy atom. The Balaban J connectivity index is 2.09. The van der Waals surface area contributed by atoms with Crippen molar-refractivity contribution >= 4 is 17.0 Å². The Bertz CT molecular complexity index is 719. The molecule has 6 nitrogen and oxygen atoms in total. The summed E-state index contributed by atoms with van der Waals surface area (Å²) < 4.78 is 7.11. The van der Waals surface area contributed by atoms with Gasteiger partial charge in [0.15, 0.2) is 0 Å². The fourth-order valence-electron chi connectivity index (χ4n) is 2.73. The summed E-state index contributed by atoms with van der Waals surface area (Å²) in [4.78, 5) is 25.9. The number of nitrogens with one attached hydrogen (secondary N) is 1. The summed E-state index contributed by atoms with van der Waals surface area (Å²) in [6.07, 6.45) is 2.92. The number of aromatic amines is 1. The Morgan fingerprint density at radius 2 is 2.25 bits per heavy atom. The number of carboxylic acids is 1. The highest BCUT2D eigenvalue weighted by atomic mass is 16.5. The van der Waals surface area contributed by atoms with Gasteiger partial charge in [0.2, 0.25) is 0 Å². The molecule has 0 atom stereocenters. The molecule has 1 aromatic carbocycles. The van der Waals surface area contributed by atoms with Crippen molar-refractivity contribution in [3.8, 4) is 0 Å². The molecule has 0 aliphatic heterocycles. The molecule has 1 aromatic heterocycles. The standard InChI is InChI=1S/C14H16N2O4/c1-20-14(5-2-6-14)8-16-11-7-9(12(17)18)3-4-10(11)15-13(16)19/h3-4,7H,2,5-6,8H2,1H3,(H,15,19)(H,17,18). The predicted octanol–water partition coefficient (Wildman–Crippen LogP) is 1.60. The van der Waals surface area contributed by atoms with Crippen molar-refractivity contribution in [2.24, 2.45) is 0 Å². The molecule has 0 spiro atoms. The Hall–Kier alpha value is -2.08. The van der Waals surface area contributed by atoms with E-state index >= 15 is 0 Å². The molecule has 1 fully saturated rings. The van der Waals surface area contributed by atoms with Gasteiger partial charge in [0, 0.05) is 7.11 Å². The number of H-pyrrole nitrogens is 1. The molecule has 1 saturated carbocycles. The zero-order valence-corrected chi connectivity index (χ0v) is 11.2. The molecule has 0 saturated heterocycles. The third kappa shape index (κ3) is 1.92. The van der Waals surface area contributed by atoms with Crippen LogP contribution in [0.25, 0.3) is 11.0 Å². The van der Waals surface area contributed by atoms with E-state index in [9.17, 15) is 9.59 Å². The highest BCUT2D eigenvalue weighted by molar-refractivity contribution is 5.92.